The number of nitrogens with zero attached hydrogens (tertiary/aromatic N) is 2. The van der Waals surface area contributed by atoms with E-state index in [2.05, 4.69) is 21.4 Å². The largest absolute Gasteiger partial charge is 0.486 e. The number of carbonyl (C=O) groups is 1. The number of nitrogens with two attached hydrogens (primary N) is 1. The molecule has 0 fully saturated rings. The summed E-state index contributed by atoms with van der Waals surface area (Å²) < 4.78 is 14.9. The minimum absolute atomic E-state index is 0.290. The van der Waals surface area contributed by atoms with Gasteiger partial charge in [0.15, 0.2) is 11.5 Å². The van der Waals surface area contributed by atoms with E-state index in [0.29, 0.717) is 29.6 Å². The van der Waals surface area contributed by atoms with Crippen LogP contribution in [0.25, 0.3) is 11.1 Å². The maximum atomic E-state index is 12.3. The van der Waals surface area contributed by atoms with Crippen molar-refractivity contribution in [3.05, 3.63) is 46.6 Å². The molecule has 0 bridgehead atoms. The van der Waals surface area contributed by atoms with E-state index in [4.69, 9.17) is 15.2 Å². The van der Waals surface area contributed by atoms with Gasteiger partial charge in [-0.2, -0.15) is 0 Å². The summed E-state index contributed by atoms with van der Waals surface area (Å²) in [6.45, 7) is 8.09. The van der Waals surface area contributed by atoms with Gasteiger partial charge in [0.1, 0.15) is 23.9 Å². The molecule has 1 aliphatic heterocycles. The Hall–Kier alpha value is -3.00. The summed E-state index contributed by atoms with van der Waals surface area (Å²) in [4.78, 5) is 16.9. The third-order valence-corrected chi connectivity index (χ3v) is 4.74. The Morgan fingerprint density at radius 1 is 1.30 bits per heavy atom. The molecule has 0 saturated heterocycles. The number of pyridine rings is 1. The van der Waals surface area contributed by atoms with Gasteiger partial charge in [-0.15, -0.1) is 0 Å². The van der Waals surface area contributed by atoms with Gasteiger partial charge in [-0.1, -0.05) is 0 Å². The first-order valence-electron chi connectivity index (χ1n) is 8.27. The number of benzene rings is 1. The molecule has 7 nitrogen and oxygen atoms in total. The molecule has 0 spiro atoms. The molecule has 1 amide bonds. The number of aryl methyl sites for hydroxylation is 1. The summed E-state index contributed by atoms with van der Waals surface area (Å²) >= 11 is 0.930. The normalized spacial score (nSPS) is 13.6. The Bertz CT molecular complexity index is 906. The Morgan fingerprint density at radius 2 is 2.00 bits per heavy atom. The maximum absolute atomic E-state index is 12.3. The van der Waals surface area contributed by atoms with Crippen molar-refractivity contribution in [3.63, 3.8) is 0 Å². The lowest BCUT2D eigenvalue weighted by molar-refractivity contribution is -0.112. The molecule has 0 unspecified atom stereocenters. The Labute approximate surface area is 161 Å². The molecular formula is C19H20N4O3S. The van der Waals surface area contributed by atoms with Crippen molar-refractivity contribution < 1.29 is 14.3 Å². The number of rotatable bonds is 5. The molecule has 2 heterocycles. The molecule has 3 rings (SSSR count). The number of hydrogen-bond acceptors (Lipinski definition) is 7. The van der Waals surface area contributed by atoms with Gasteiger partial charge in [0.2, 0.25) is 0 Å². The van der Waals surface area contributed by atoms with Gasteiger partial charge >= 0.3 is 0 Å². The maximum Gasteiger partial charge on any atom is 0.266 e. The molecule has 0 radical (unpaired) electrons. The van der Waals surface area contributed by atoms with E-state index in [-0.39, 0.29) is 5.91 Å². The van der Waals surface area contributed by atoms with Crippen molar-refractivity contribution in [3.8, 4) is 22.6 Å². The van der Waals surface area contributed by atoms with Crippen LogP contribution in [0.4, 0.5) is 5.82 Å². The minimum atomic E-state index is -0.372. The van der Waals surface area contributed by atoms with Gasteiger partial charge in [-0.05, 0) is 56.0 Å². The summed E-state index contributed by atoms with van der Waals surface area (Å²) in [7, 11) is 0. The number of fused-ring (bicyclic) bond motifs is 1. The van der Waals surface area contributed by atoms with Crippen LogP contribution < -0.4 is 20.5 Å². The molecule has 1 aromatic heterocycles. The highest BCUT2D eigenvalue weighted by Crippen LogP contribution is 2.37. The van der Waals surface area contributed by atoms with Crippen molar-refractivity contribution in [2.45, 2.75) is 13.8 Å². The Kier molecular flexibility index (Phi) is 5.66. The summed E-state index contributed by atoms with van der Waals surface area (Å²) in [5.41, 5.74) is 9.04. The zero-order valence-electron chi connectivity index (χ0n) is 15.1. The van der Waals surface area contributed by atoms with Crippen LogP contribution in [0.15, 0.2) is 45.5 Å². The highest BCUT2D eigenvalue weighted by molar-refractivity contribution is 8.02. The van der Waals surface area contributed by atoms with Crippen molar-refractivity contribution in [2.24, 2.45) is 10.1 Å². The van der Waals surface area contributed by atoms with E-state index < -0.39 is 0 Å². The zero-order chi connectivity index (χ0) is 19.4. The Balaban J connectivity index is 1.81. The highest BCUT2D eigenvalue weighted by Gasteiger charge is 2.16. The van der Waals surface area contributed by atoms with Crippen LogP contribution in [-0.2, 0) is 4.79 Å². The van der Waals surface area contributed by atoms with E-state index in [1.54, 1.807) is 19.2 Å². The SMILES string of the molecule is C=NS/C(C(=O)Nc1ccc(-c2cc3c(cc2C)OCCO3)cn1)=C(/C)N. The summed E-state index contributed by atoms with van der Waals surface area (Å²) in [5.74, 6) is 1.52. The van der Waals surface area contributed by atoms with E-state index in [9.17, 15) is 4.79 Å². The zero-order valence-corrected chi connectivity index (χ0v) is 15.9. The number of anilines is 1. The lowest BCUT2D eigenvalue weighted by Gasteiger charge is -2.20. The molecule has 2 aromatic rings. The molecule has 8 heteroatoms. The van der Waals surface area contributed by atoms with Crippen LogP contribution in [0, 0.1) is 6.92 Å². The molecule has 0 atom stereocenters. The van der Waals surface area contributed by atoms with Crippen LogP contribution >= 0.6 is 11.9 Å². The van der Waals surface area contributed by atoms with Crippen molar-refractivity contribution in [1.29, 1.82) is 0 Å². The van der Waals surface area contributed by atoms with Gasteiger partial charge in [0.05, 0.1) is 0 Å². The van der Waals surface area contributed by atoms with Crippen LogP contribution in [0.1, 0.15) is 12.5 Å². The minimum Gasteiger partial charge on any atom is -0.486 e. The second-order valence-electron chi connectivity index (χ2n) is 5.93. The number of ether oxygens (including phenoxy) is 2. The fourth-order valence-corrected chi connectivity index (χ4v) is 3.07. The first-order chi connectivity index (χ1) is 13.0. The average Bonchev–Trinajstić information content (AvgIpc) is 2.66. The van der Waals surface area contributed by atoms with Gasteiger partial charge in [0.25, 0.3) is 5.91 Å². The van der Waals surface area contributed by atoms with Gasteiger partial charge in [-0.3, -0.25) is 4.79 Å². The lowest BCUT2D eigenvalue weighted by Crippen LogP contribution is -2.16. The second kappa shape index (κ2) is 8.13. The molecule has 0 aliphatic carbocycles. The number of carbonyl (C=O) groups excluding carboxylic acids is 1. The standard InChI is InChI=1S/C19H20N4O3S/c1-11-8-15-16(26-7-6-25-15)9-14(11)13-4-5-17(22-10-13)23-19(24)18(12(2)20)27-21-3/h4-5,8-10H,3,6-7,20H2,1-2H3,(H,22,23,24)/b18-12-. The quantitative estimate of drug-likeness (QED) is 0.466. The highest BCUT2D eigenvalue weighted by atomic mass is 32.2. The third kappa shape index (κ3) is 4.22. The number of aromatic nitrogens is 1. The molecule has 1 aliphatic rings. The van der Waals surface area contributed by atoms with Crippen LogP contribution in [-0.4, -0.2) is 30.8 Å². The van der Waals surface area contributed by atoms with Gasteiger partial charge < -0.3 is 20.5 Å². The van der Waals surface area contributed by atoms with Crippen molar-refractivity contribution >= 4 is 30.4 Å². The van der Waals surface area contributed by atoms with Crippen molar-refractivity contribution in [1.82, 2.24) is 4.98 Å². The molecule has 1 aromatic carbocycles. The summed E-state index contributed by atoms with van der Waals surface area (Å²) in [6.07, 6.45) is 1.70. The van der Waals surface area contributed by atoms with Crippen LogP contribution in [0.5, 0.6) is 11.5 Å². The third-order valence-electron chi connectivity index (χ3n) is 3.93. The molecule has 0 saturated carbocycles. The van der Waals surface area contributed by atoms with E-state index >= 15 is 0 Å². The molecular weight excluding hydrogens is 364 g/mol. The van der Waals surface area contributed by atoms with Crippen LogP contribution in [0.3, 0.4) is 0 Å². The topological polar surface area (TPSA) is 98.8 Å². The first kappa shape index (κ1) is 18.8. The van der Waals surface area contributed by atoms with E-state index in [1.807, 2.05) is 25.1 Å². The number of nitrogens with one attached hydrogen (secondary N) is 1. The first-order valence-corrected chi connectivity index (χ1v) is 9.04. The number of allylic oxidation sites excluding steroid dienone is 1. The summed E-state index contributed by atoms with van der Waals surface area (Å²) in [5, 5.41) is 2.71. The van der Waals surface area contributed by atoms with Gasteiger partial charge in [0, 0.05) is 29.4 Å². The molecule has 27 heavy (non-hydrogen) atoms. The number of hydrogen-bond donors (Lipinski definition) is 2. The smallest absolute Gasteiger partial charge is 0.266 e. The fourth-order valence-electron chi connectivity index (χ4n) is 2.66. The van der Waals surface area contributed by atoms with Crippen molar-refractivity contribution in [2.75, 3.05) is 18.5 Å². The average molecular weight is 384 g/mol. The second-order valence-corrected chi connectivity index (χ2v) is 6.78. The predicted molar refractivity (Wildman–Crippen MR) is 108 cm³/mol. The summed E-state index contributed by atoms with van der Waals surface area (Å²) in [6, 6.07) is 7.53. The lowest BCUT2D eigenvalue weighted by atomic mass is 10.0. The number of amides is 1. The van der Waals surface area contributed by atoms with E-state index in [1.165, 1.54) is 0 Å². The Morgan fingerprint density at radius 3 is 2.59 bits per heavy atom. The van der Waals surface area contributed by atoms with Crippen LogP contribution in [0.2, 0.25) is 0 Å². The predicted octanol–water partition coefficient (Wildman–Crippen LogP) is 3.31. The fraction of sp³-hybridized carbons (Fsp3) is 0.211. The van der Waals surface area contributed by atoms with E-state index in [0.717, 1.165) is 40.1 Å². The molecule has 140 valence electrons. The monoisotopic (exact) mass is 384 g/mol. The molecule has 3 N–H and O–H groups in total. The van der Waals surface area contributed by atoms with Gasteiger partial charge in [-0.25, -0.2) is 9.38 Å².